The smallest absolute Gasteiger partial charge is 0.276 e. The van der Waals surface area contributed by atoms with Crippen molar-refractivity contribution in [2.45, 2.75) is 23.7 Å². The average molecular weight is 410 g/mol. The highest BCUT2D eigenvalue weighted by Crippen LogP contribution is 2.34. The number of aromatic nitrogens is 3. The summed E-state index contributed by atoms with van der Waals surface area (Å²) in [6.07, 6.45) is 2.00. The third-order valence-electron chi connectivity index (χ3n) is 3.32. The Morgan fingerprint density at radius 2 is 2.08 bits per heavy atom. The first-order valence-corrected chi connectivity index (χ1v) is 11.2. The zero-order chi connectivity index (χ0) is 18.4. The van der Waals surface area contributed by atoms with Gasteiger partial charge >= 0.3 is 0 Å². The molecule has 0 aliphatic carbocycles. The molecule has 0 spiro atoms. The molecule has 3 aromatic rings. The van der Waals surface area contributed by atoms with Gasteiger partial charge in [-0.15, -0.1) is 21.5 Å². The molecule has 1 aromatic carbocycles. The van der Waals surface area contributed by atoms with Crippen LogP contribution in [0.2, 0.25) is 0 Å². The highest BCUT2D eigenvalue weighted by molar-refractivity contribution is 7.98. The van der Waals surface area contributed by atoms with Crippen LogP contribution >= 0.6 is 34.9 Å². The molecule has 138 valence electrons. The maximum absolute atomic E-state index is 5.57. The number of hydrogen-bond acceptors (Lipinski definition) is 9. The van der Waals surface area contributed by atoms with Crippen LogP contribution in [0, 0.1) is 0 Å². The predicted octanol–water partition coefficient (Wildman–Crippen LogP) is 4.76. The van der Waals surface area contributed by atoms with Gasteiger partial charge in [-0.2, -0.15) is 11.8 Å². The van der Waals surface area contributed by atoms with Gasteiger partial charge in [0.1, 0.15) is 5.01 Å². The summed E-state index contributed by atoms with van der Waals surface area (Å²) in [5, 5.41) is 11.6. The molecule has 2 aromatic heterocycles. The van der Waals surface area contributed by atoms with Crippen molar-refractivity contribution >= 4 is 34.9 Å². The third-order valence-corrected chi connectivity index (χ3v) is 5.65. The second-order valence-corrected chi connectivity index (χ2v) is 7.78. The summed E-state index contributed by atoms with van der Waals surface area (Å²) in [7, 11) is 1.64. The van der Waals surface area contributed by atoms with Crippen molar-refractivity contribution in [3.63, 3.8) is 0 Å². The van der Waals surface area contributed by atoms with Gasteiger partial charge in [0.25, 0.3) is 5.22 Å². The largest absolute Gasteiger partial charge is 0.493 e. The van der Waals surface area contributed by atoms with Crippen molar-refractivity contribution in [3.05, 3.63) is 35.2 Å². The highest BCUT2D eigenvalue weighted by atomic mass is 32.2. The minimum Gasteiger partial charge on any atom is -0.493 e. The van der Waals surface area contributed by atoms with Crippen LogP contribution in [-0.4, -0.2) is 35.2 Å². The number of thioether (sulfide) groups is 2. The standard InChI is InChI=1S/C17H19N3O3S3/c1-4-22-13-6-5-11(7-14(13)21-2)16-18-12(8-25-16)9-26-17-20-19-15(23-17)10-24-3/h5-8H,4,9-10H2,1-3H3. The Bertz CT molecular complexity index is 851. The molecular formula is C17H19N3O3S3. The van der Waals surface area contributed by atoms with Crippen LogP contribution < -0.4 is 9.47 Å². The van der Waals surface area contributed by atoms with Gasteiger partial charge in [-0.25, -0.2) is 4.98 Å². The molecule has 0 atom stereocenters. The Morgan fingerprint density at radius 3 is 2.85 bits per heavy atom. The van der Waals surface area contributed by atoms with E-state index in [0.717, 1.165) is 27.8 Å². The van der Waals surface area contributed by atoms with Crippen molar-refractivity contribution in [2.75, 3.05) is 20.0 Å². The van der Waals surface area contributed by atoms with Crippen LogP contribution in [0.15, 0.2) is 33.2 Å². The van der Waals surface area contributed by atoms with Crippen molar-refractivity contribution in [1.29, 1.82) is 0 Å². The van der Waals surface area contributed by atoms with Crippen LogP contribution in [0.5, 0.6) is 11.5 Å². The predicted molar refractivity (Wildman–Crippen MR) is 106 cm³/mol. The first-order chi connectivity index (χ1) is 12.7. The summed E-state index contributed by atoms with van der Waals surface area (Å²) in [4.78, 5) is 4.70. The first-order valence-electron chi connectivity index (χ1n) is 7.93. The number of ether oxygens (including phenoxy) is 2. The molecule has 0 aliphatic rings. The minimum atomic E-state index is 0.575. The molecule has 9 heteroatoms. The van der Waals surface area contributed by atoms with Gasteiger partial charge in [0, 0.05) is 16.7 Å². The molecule has 3 rings (SSSR count). The summed E-state index contributed by atoms with van der Waals surface area (Å²) >= 11 is 4.75. The highest BCUT2D eigenvalue weighted by Gasteiger charge is 2.12. The van der Waals surface area contributed by atoms with Crippen LogP contribution in [0.4, 0.5) is 0 Å². The summed E-state index contributed by atoms with van der Waals surface area (Å²) in [5.74, 6) is 3.52. The third kappa shape index (κ3) is 4.72. The lowest BCUT2D eigenvalue weighted by Gasteiger charge is -2.09. The normalized spacial score (nSPS) is 10.9. The van der Waals surface area contributed by atoms with E-state index >= 15 is 0 Å². The molecule has 2 heterocycles. The monoisotopic (exact) mass is 409 g/mol. The van der Waals surface area contributed by atoms with Crippen molar-refractivity contribution in [2.24, 2.45) is 0 Å². The SMILES string of the molecule is CCOc1ccc(-c2nc(CSc3nnc(CSC)o3)cs2)cc1OC. The number of rotatable bonds is 9. The number of thiazole rings is 1. The van der Waals surface area contributed by atoms with Gasteiger partial charge < -0.3 is 13.9 Å². The van der Waals surface area contributed by atoms with E-state index in [-0.39, 0.29) is 0 Å². The van der Waals surface area contributed by atoms with Gasteiger partial charge in [-0.1, -0.05) is 11.8 Å². The van der Waals surface area contributed by atoms with Crippen molar-refractivity contribution < 1.29 is 13.9 Å². The van der Waals surface area contributed by atoms with E-state index in [0.29, 0.717) is 29.2 Å². The molecule has 0 bridgehead atoms. The molecule has 0 saturated carbocycles. The fourth-order valence-corrected chi connectivity index (χ4v) is 4.15. The van der Waals surface area contributed by atoms with Crippen LogP contribution in [0.25, 0.3) is 10.6 Å². The first kappa shape index (κ1) is 19.1. The van der Waals surface area contributed by atoms with Gasteiger partial charge in [0.05, 0.1) is 25.2 Å². The number of benzene rings is 1. The second-order valence-electron chi connectivity index (χ2n) is 5.13. The van der Waals surface area contributed by atoms with Gasteiger partial charge in [0.2, 0.25) is 5.89 Å². The molecular weight excluding hydrogens is 390 g/mol. The van der Waals surface area contributed by atoms with Gasteiger partial charge in [0.15, 0.2) is 11.5 Å². The molecule has 0 aliphatic heterocycles. The Morgan fingerprint density at radius 1 is 1.19 bits per heavy atom. The summed E-state index contributed by atoms with van der Waals surface area (Å²) in [5.41, 5.74) is 1.99. The van der Waals surface area contributed by atoms with E-state index in [1.165, 1.54) is 11.8 Å². The zero-order valence-electron chi connectivity index (χ0n) is 14.7. The Kier molecular flexibility index (Phi) is 6.81. The van der Waals surface area contributed by atoms with E-state index in [4.69, 9.17) is 18.9 Å². The lowest BCUT2D eigenvalue weighted by Crippen LogP contribution is -1.95. The lowest BCUT2D eigenvalue weighted by atomic mass is 10.2. The average Bonchev–Trinajstić information content (AvgIpc) is 3.30. The summed E-state index contributed by atoms with van der Waals surface area (Å²) in [6, 6.07) is 5.86. The molecule has 0 fully saturated rings. The second kappa shape index (κ2) is 9.29. The lowest BCUT2D eigenvalue weighted by molar-refractivity contribution is 0.311. The molecule has 6 nitrogen and oxygen atoms in total. The molecule has 0 amide bonds. The maximum atomic E-state index is 5.57. The summed E-state index contributed by atoms with van der Waals surface area (Å²) < 4.78 is 16.5. The quantitative estimate of drug-likeness (QED) is 0.469. The van der Waals surface area contributed by atoms with Crippen LogP contribution in [0.1, 0.15) is 18.5 Å². The van der Waals surface area contributed by atoms with Crippen molar-refractivity contribution in [1.82, 2.24) is 15.2 Å². The van der Waals surface area contributed by atoms with E-state index in [1.807, 2.05) is 36.8 Å². The molecule has 0 saturated heterocycles. The minimum absolute atomic E-state index is 0.575. The number of hydrogen-bond donors (Lipinski definition) is 0. The van der Waals surface area contributed by atoms with E-state index in [2.05, 4.69) is 10.2 Å². The summed E-state index contributed by atoms with van der Waals surface area (Å²) in [6.45, 7) is 2.55. The van der Waals surface area contributed by atoms with E-state index < -0.39 is 0 Å². The Labute approximate surface area is 164 Å². The molecule has 0 unspecified atom stereocenters. The van der Waals surface area contributed by atoms with E-state index in [1.54, 1.807) is 30.2 Å². The van der Waals surface area contributed by atoms with Crippen molar-refractivity contribution in [3.8, 4) is 22.1 Å². The van der Waals surface area contributed by atoms with Gasteiger partial charge in [-0.05, 0) is 31.4 Å². The number of methoxy groups -OCH3 is 1. The molecule has 26 heavy (non-hydrogen) atoms. The van der Waals surface area contributed by atoms with E-state index in [9.17, 15) is 0 Å². The maximum Gasteiger partial charge on any atom is 0.276 e. The van der Waals surface area contributed by atoms with Crippen LogP contribution in [-0.2, 0) is 11.5 Å². The van der Waals surface area contributed by atoms with Crippen LogP contribution in [0.3, 0.4) is 0 Å². The molecule has 0 radical (unpaired) electrons. The Balaban J connectivity index is 1.67. The fourth-order valence-electron chi connectivity index (χ4n) is 2.20. The fraction of sp³-hybridized carbons (Fsp3) is 0.353. The topological polar surface area (TPSA) is 70.3 Å². The number of nitrogens with zero attached hydrogens (tertiary/aromatic N) is 3. The van der Waals surface area contributed by atoms with Gasteiger partial charge in [-0.3, -0.25) is 0 Å². The Hall–Kier alpha value is -1.71. The zero-order valence-corrected chi connectivity index (χ0v) is 17.2. The molecule has 0 N–H and O–H groups in total.